The van der Waals surface area contributed by atoms with Crippen LogP contribution in [0.3, 0.4) is 0 Å². The fourth-order valence-electron chi connectivity index (χ4n) is 4.70. The maximum Gasteiger partial charge on any atom is 0.256 e. The molecule has 4 aliphatic heterocycles. The highest BCUT2D eigenvalue weighted by atomic mass is 16.2. The van der Waals surface area contributed by atoms with E-state index in [1.807, 2.05) is 12.1 Å². The van der Waals surface area contributed by atoms with E-state index in [2.05, 4.69) is 32.7 Å². The van der Waals surface area contributed by atoms with Crippen molar-refractivity contribution in [1.29, 1.82) is 0 Å². The predicted octanol–water partition coefficient (Wildman–Crippen LogP) is 2.19. The smallest absolute Gasteiger partial charge is 0.256 e. The van der Waals surface area contributed by atoms with Gasteiger partial charge in [-0.1, -0.05) is 12.1 Å². The number of para-hydroxylation sites is 1. The summed E-state index contributed by atoms with van der Waals surface area (Å²) in [6, 6.07) is 8.65. The predicted molar refractivity (Wildman–Crippen MR) is 85.9 cm³/mol. The molecule has 22 heavy (non-hydrogen) atoms. The van der Waals surface area contributed by atoms with Gasteiger partial charge in [-0.15, -0.1) is 0 Å². The van der Waals surface area contributed by atoms with Crippen molar-refractivity contribution >= 4 is 16.8 Å². The lowest BCUT2D eigenvalue weighted by atomic mass is 9.83. The quantitative estimate of drug-likeness (QED) is 0.807. The van der Waals surface area contributed by atoms with E-state index >= 15 is 0 Å². The van der Waals surface area contributed by atoms with Crippen LogP contribution in [0.5, 0.6) is 0 Å². The molecule has 0 spiro atoms. The summed E-state index contributed by atoms with van der Waals surface area (Å²) in [6.45, 7) is 5.26. The summed E-state index contributed by atoms with van der Waals surface area (Å²) in [4.78, 5) is 17.9. The molecule has 0 aliphatic carbocycles. The van der Waals surface area contributed by atoms with Crippen LogP contribution in [0.1, 0.15) is 23.2 Å². The second kappa shape index (κ2) is 4.59. The van der Waals surface area contributed by atoms with Crippen LogP contribution >= 0.6 is 0 Å². The van der Waals surface area contributed by atoms with Gasteiger partial charge in [-0.3, -0.25) is 4.79 Å². The Bertz CT molecular complexity index is 742. The average molecular weight is 295 g/mol. The van der Waals surface area contributed by atoms with Gasteiger partial charge in [0.1, 0.15) is 0 Å². The number of aromatic nitrogens is 1. The first-order valence-electron chi connectivity index (χ1n) is 8.42. The van der Waals surface area contributed by atoms with Crippen LogP contribution in [0.15, 0.2) is 30.5 Å². The monoisotopic (exact) mass is 295 g/mol. The summed E-state index contributed by atoms with van der Waals surface area (Å²) in [6.07, 6.45) is 4.64. The minimum Gasteiger partial charge on any atom is -0.345 e. The van der Waals surface area contributed by atoms with Crippen molar-refractivity contribution in [2.24, 2.45) is 5.92 Å². The molecule has 0 N–H and O–H groups in total. The third-order valence-electron chi connectivity index (χ3n) is 5.88. The van der Waals surface area contributed by atoms with Gasteiger partial charge in [-0.05, 0) is 44.0 Å². The van der Waals surface area contributed by atoms with Gasteiger partial charge in [0.25, 0.3) is 5.91 Å². The number of hydrogen-bond donors (Lipinski definition) is 0. The highest BCUT2D eigenvalue weighted by molar-refractivity contribution is 6.06. The zero-order valence-corrected chi connectivity index (χ0v) is 12.7. The van der Waals surface area contributed by atoms with E-state index in [1.165, 1.54) is 31.3 Å². The SMILES string of the molecule is O=C1c2cccc3ccn(c23)CCN1[C@H]1CN2CCC1CC2. The second-order valence-electron chi connectivity index (χ2n) is 6.96. The summed E-state index contributed by atoms with van der Waals surface area (Å²) < 4.78 is 2.25. The lowest BCUT2D eigenvalue weighted by molar-refractivity contribution is 0.00727. The first-order chi connectivity index (χ1) is 10.8. The van der Waals surface area contributed by atoms with Crippen LogP contribution in [0.25, 0.3) is 10.9 Å². The van der Waals surface area contributed by atoms with Crippen LogP contribution in [-0.4, -0.2) is 52.5 Å². The van der Waals surface area contributed by atoms with Gasteiger partial charge in [-0.25, -0.2) is 0 Å². The molecule has 4 aliphatic rings. The topological polar surface area (TPSA) is 28.5 Å². The van der Waals surface area contributed by atoms with E-state index in [-0.39, 0.29) is 5.91 Å². The van der Waals surface area contributed by atoms with E-state index in [0.717, 1.165) is 30.7 Å². The Morgan fingerprint density at radius 3 is 2.64 bits per heavy atom. The van der Waals surface area contributed by atoms with Gasteiger partial charge in [-0.2, -0.15) is 0 Å². The van der Waals surface area contributed by atoms with Gasteiger partial charge in [0.15, 0.2) is 0 Å². The van der Waals surface area contributed by atoms with Crippen molar-refractivity contribution in [3.8, 4) is 0 Å². The fourth-order valence-corrected chi connectivity index (χ4v) is 4.70. The normalized spacial score (nSPS) is 30.8. The number of amides is 1. The molecule has 0 unspecified atom stereocenters. The van der Waals surface area contributed by atoms with Gasteiger partial charge in [0.2, 0.25) is 0 Å². The molecule has 114 valence electrons. The number of nitrogens with zero attached hydrogens (tertiary/aromatic N) is 3. The number of fused-ring (bicyclic) bond motifs is 3. The van der Waals surface area contributed by atoms with E-state index in [0.29, 0.717) is 12.0 Å². The Balaban J connectivity index is 1.56. The zero-order valence-electron chi connectivity index (χ0n) is 12.7. The Kier molecular flexibility index (Phi) is 2.65. The van der Waals surface area contributed by atoms with Crippen molar-refractivity contribution in [1.82, 2.24) is 14.4 Å². The molecule has 4 nitrogen and oxygen atoms in total. The zero-order chi connectivity index (χ0) is 14.7. The van der Waals surface area contributed by atoms with Crippen LogP contribution in [0, 0.1) is 5.92 Å². The minimum absolute atomic E-state index is 0.238. The molecular weight excluding hydrogens is 274 g/mol. The molecule has 5 heterocycles. The molecule has 2 aromatic rings. The molecule has 0 saturated carbocycles. The summed E-state index contributed by atoms with van der Waals surface area (Å²) in [7, 11) is 0. The highest BCUT2D eigenvalue weighted by Crippen LogP contribution is 2.33. The number of piperidine rings is 3. The van der Waals surface area contributed by atoms with Crippen LogP contribution in [0.2, 0.25) is 0 Å². The largest absolute Gasteiger partial charge is 0.345 e. The van der Waals surface area contributed by atoms with E-state index < -0.39 is 0 Å². The maximum atomic E-state index is 13.2. The van der Waals surface area contributed by atoms with E-state index in [1.54, 1.807) is 0 Å². The summed E-state index contributed by atoms with van der Waals surface area (Å²) >= 11 is 0. The molecule has 6 rings (SSSR count). The number of carbonyl (C=O) groups is 1. The maximum absolute atomic E-state index is 13.2. The summed E-state index contributed by atoms with van der Waals surface area (Å²) in [5, 5.41) is 1.18. The van der Waals surface area contributed by atoms with Crippen molar-refractivity contribution in [3.05, 3.63) is 36.0 Å². The molecular formula is C18H21N3O. The average Bonchev–Trinajstić information content (AvgIpc) is 2.93. The third kappa shape index (κ3) is 1.70. The first-order valence-corrected chi connectivity index (χ1v) is 8.42. The van der Waals surface area contributed by atoms with Crippen LogP contribution in [-0.2, 0) is 6.54 Å². The first kappa shape index (κ1) is 12.7. The summed E-state index contributed by atoms with van der Waals surface area (Å²) in [5.74, 6) is 0.937. The molecule has 1 amide bonds. The lowest BCUT2D eigenvalue weighted by Crippen LogP contribution is -2.58. The van der Waals surface area contributed by atoms with Crippen LogP contribution in [0.4, 0.5) is 0 Å². The van der Waals surface area contributed by atoms with Crippen molar-refractivity contribution in [2.45, 2.75) is 25.4 Å². The number of hydrogen-bond acceptors (Lipinski definition) is 2. The third-order valence-corrected chi connectivity index (χ3v) is 5.88. The van der Waals surface area contributed by atoms with Gasteiger partial charge < -0.3 is 14.4 Å². The molecule has 1 aromatic carbocycles. The standard InChI is InChI=1S/C18H21N3O/c22-18-15-3-1-2-14-6-9-20(17(14)15)10-11-21(18)16-12-19-7-4-13(16)5-8-19/h1-3,6,9,13,16H,4-5,7-8,10-12H2/t16-/m0/s1. The van der Waals surface area contributed by atoms with E-state index in [9.17, 15) is 4.79 Å². The van der Waals surface area contributed by atoms with Crippen molar-refractivity contribution in [3.63, 3.8) is 0 Å². The number of benzene rings is 1. The van der Waals surface area contributed by atoms with Gasteiger partial charge >= 0.3 is 0 Å². The molecule has 0 radical (unpaired) electrons. The Morgan fingerprint density at radius 1 is 1.00 bits per heavy atom. The molecule has 1 atom stereocenters. The number of carbonyl (C=O) groups excluding carboxylic acids is 1. The Labute approximate surface area is 130 Å². The molecule has 3 fully saturated rings. The number of rotatable bonds is 1. The second-order valence-corrected chi connectivity index (χ2v) is 6.96. The fraction of sp³-hybridized carbons (Fsp3) is 0.500. The van der Waals surface area contributed by atoms with Gasteiger partial charge in [0, 0.05) is 37.3 Å². The summed E-state index contributed by atoms with van der Waals surface area (Å²) in [5.41, 5.74) is 2.01. The van der Waals surface area contributed by atoms with Crippen LogP contribution < -0.4 is 0 Å². The van der Waals surface area contributed by atoms with E-state index in [4.69, 9.17) is 0 Å². The minimum atomic E-state index is 0.238. The highest BCUT2D eigenvalue weighted by Gasteiger charge is 2.40. The van der Waals surface area contributed by atoms with Crippen molar-refractivity contribution < 1.29 is 4.79 Å². The Hall–Kier alpha value is -1.81. The molecule has 1 aromatic heterocycles. The lowest BCUT2D eigenvalue weighted by Gasteiger charge is -2.48. The van der Waals surface area contributed by atoms with Gasteiger partial charge in [0.05, 0.1) is 11.1 Å². The Morgan fingerprint density at radius 2 is 1.86 bits per heavy atom. The van der Waals surface area contributed by atoms with Crippen molar-refractivity contribution in [2.75, 3.05) is 26.2 Å². The molecule has 4 heteroatoms. The molecule has 3 saturated heterocycles. The molecule has 2 bridgehead atoms.